The molecular formula is C15H20N4O2. The lowest BCUT2D eigenvalue weighted by molar-refractivity contribution is 0.0894. The number of carbonyl (C=O) groups is 1. The number of aliphatic hydroxyl groups excluding tert-OH is 1. The molecule has 0 spiro atoms. The molecule has 21 heavy (non-hydrogen) atoms. The number of aliphatic hydroxyl groups is 1. The number of hydrogen-bond acceptors (Lipinski definition) is 4. The van der Waals surface area contributed by atoms with Crippen molar-refractivity contribution >= 4 is 11.6 Å². The number of benzene rings is 1. The van der Waals surface area contributed by atoms with E-state index >= 15 is 0 Å². The van der Waals surface area contributed by atoms with Gasteiger partial charge in [0.05, 0.1) is 11.4 Å². The van der Waals surface area contributed by atoms with Crippen molar-refractivity contribution < 1.29 is 9.90 Å². The molecule has 2 aromatic rings. The summed E-state index contributed by atoms with van der Waals surface area (Å²) in [5.74, 6) is -0.276. The van der Waals surface area contributed by atoms with Crippen molar-refractivity contribution in [1.82, 2.24) is 15.1 Å². The van der Waals surface area contributed by atoms with Gasteiger partial charge in [-0.15, -0.1) is 0 Å². The summed E-state index contributed by atoms with van der Waals surface area (Å²) >= 11 is 0. The number of nitrogens with one attached hydrogen (secondary N) is 1. The second-order valence-electron chi connectivity index (χ2n) is 5.52. The molecule has 1 amide bonds. The number of anilines is 1. The lowest BCUT2D eigenvalue weighted by Crippen LogP contribution is -2.44. The van der Waals surface area contributed by atoms with E-state index in [0.29, 0.717) is 17.8 Å². The zero-order chi connectivity index (χ0) is 15.5. The highest BCUT2D eigenvalue weighted by atomic mass is 16.3. The summed E-state index contributed by atoms with van der Waals surface area (Å²) in [6.45, 7) is 3.73. The monoisotopic (exact) mass is 288 g/mol. The Hall–Kier alpha value is -2.34. The Bertz CT molecular complexity index is 634. The fourth-order valence-electron chi connectivity index (χ4n) is 1.99. The normalized spacial score (nSPS) is 11.4. The van der Waals surface area contributed by atoms with Crippen molar-refractivity contribution in [3.05, 3.63) is 42.2 Å². The molecule has 2 rings (SSSR count). The predicted molar refractivity (Wildman–Crippen MR) is 81.2 cm³/mol. The Labute approximate surface area is 123 Å². The van der Waals surface area contributed by atoms with Crippen molar-refractivity contribution in [1.29, 1.82) is 0 Å². The van der Waals surface area contributed by atoms with Gasteiger partial charge in [0.25, 0.3) is 5.91 Å². The highest BCUT2D eigenvalue weighted by Crippen LogP contribution is 2.16. The highest BCUT2D eigenvalue weighted by Gasteiger charge is 2.22. The molecule has 4 N–H and O–H groups in total. The number of nitrogens with zero attached hydrogens (tertiary/aromatic N) is 2. The van der Waals surface area contributed by atoms with Gasteiger partial charge in [-0.25, -0.2) is 4.68 Å². The van der Waals surface area contributed by atoms with Gasteiger partial charge in [0.15, 0.2) is 5.69 Å². The molecule has 0 saturated heterocycles. The summed E-state index contributed by atoms with van der Waals surface area (Å²) in [6, 6.07) is 8.95. The molecule has 1 heterocycles. The molecule has 1 aromatic carbocycles. The minimum atomic E-state index is -0.485. The maximum Gasteiger partial charge on any atom is 0.272 e. The maximum atomic E-state index is 12.2. The number of carbonyl (C=O) groups excluding carboxylic acids is 1. The first-order chi connectivity index (χ1) is 9.93. The predicted octanol–water partition coefficient (Wildman–Crippen LogP) is 1.35. The van der Waals surface area contributed by atoms with Crippen LogP contribution in [0.1, 0.15) is 30.8 Å². The number of nitrogens with two attached hydrogens (primary N) is 1. The molecule has 0 bridgehead atoms. The fraction of sp³-hybridized carbons (Fsp3) is 0.333. The van der Waals surface area contributed by atoms with Crippen molar-refractivity contribution in [3.63, 3.8) is 0 Å². The van der Waals surface area contributed by atoms with Crippen LogP contribution < -0.4 is 11.1 Å². The summed E-state index contributed by atoms with van der Waals surface area (Å²) in [7, 11) is 0. The Balaban J connectivity index is 2.17. The topological polar surface area (TPSA) is 93.2 Å². The van der Waals surface area contributed by atoms with Gasteiger partial charge in [0.1, 0.15) is 0 Å². The zero-order valence-electron chi connectivity index (χ0n) is 12.2. The number of aromatic nitrogens is 2. The SMILES string of the molecule is CC(C)(CCO)NC(=O)c1ccn(-c2ccccc2N)n1. The Kier molecular flexibility index (Phi) is 4.28. The average Bonchev–Trinajstić information content (AvgIpc) is 2.88. The van der Waals surface area contributed by atoms with Crippen molar-refractivity contribution in [2.24, 2.45) is 0 Å². The lowest BCUT2D eigenvalue weighted by Gasteiger charge is -2.24. The van der Waals surface area contributed by atoms with Crippen LogP contribution in [0, 0.1) is 0 Å². The average molecular weight is 288 g/mol. The summed E-state index contributed by atoms with van der Waals surface area (Å²) in [5, 5.41) is 16.1. The molecule has 0 atom stereocenters. The quantitative estimate of drug-likeness (QED) is 0.724. The second kappa shape index (κ2) is 5.97. The van der Waals surface area contributed by atoms with Crippen LogP contribution in [0.5, 0.6) is 0 Å². The number of nitrogen functional groups attached to an aromatic ring is 1. The molecule has 0 aliphatic rings. The third-order valence-electron chi connectivity index (χ3n) is 3.19. The van der Waals surface area contributed by atoms with E-state index in [1.165, 1.54) is 0 Å². The van der Waals surface area contributed by atoms with Gasteiger partial charge in [-0.3, -0.25) is 4.79 Å². The molecule has 6 nitrogen and oxygen atoms in total. The van der Waals surface area contributed by atoms with E-state index in [9.17, 15) is 4.79 Å². The number of para-hydroxylation sites is 2. The lowest BCUT2D eigenvalue weighted by atomic mass is 10.0. The first kappa shape index (κ1) is 15.1. The Morgan fingerprint density at radius 1 is 1.38 bits per heavy atom. The minimum Gasteiger partial charge on any atom is -0.397 e. The third kappa shape index (κ3) is 3.61. The zero-order valence-corrected chi connectivity index (χ0v) is 12.2. The van der Waals surface area contributed by atoms with Gasteiger partial charge in [-0.05, 0) is 38.5 Å². The molecule has 1 aromatic heterocycles. The van der Waals surface area contributed by atoms with E-state index in [4.69, 9.17) is 10.8 Å². The largest absolute Gasteiger partial charge is 0.397 e. The van der Waals surface area contributed by atoms with Crippen LogP contribution in [0.4, 0.5) is 5.69 Å². The molecular weight excluding hydrogens is 268 g/mol. The van der Waals surface area contributed by atoms with Crippen LogP contribution in [0.25, 0.3) is 5.69 Å². The summed E-state index contributed by atoms with van der Waals surface area (Å²) in [6.07, 6.45) is 2.17. The third-order valence-corrected chi connectivity index (χ3v) is 3.19. The first-order valence-corrected chi connectivity index (χ1v) is 6.77. The Morgan fingerprint density at radius 3 is 2.76 bits per heavy atom. The molecule has 6 heteroatoms. The molecule has 0 fully saturated rings. The molecule has 0 radical (unpaired) electrons. The van der Waals surface area contributed by atoms with Crippen LogP contribution in [0.15, 0.2) is 36.5 Å². The van der Waals surface area contributed by atoms with E-state index in [1.54, 1.807) is 23.0 Å². The van der Waals surface area contributed by atoms with Gasteiger partial charge in [-0.1, -0.05) is 12.1 Å². The van der Waals surface area contributed by atoms with E-state index < -0.39 is 5.54 Å². The van der Waals surface area contributed by atoms with Crippen LogP contribution in [0.2, 0.25) is 0 Å². The van der Waals surface area contributed by atoms with Crippen molar-refractivity contribution in [2.75, 3.05) is 12.3 Å². The highest BCUT2D eigenvalue weighted by molar-refractivity contribution is 5.92. The summed E-state index contributed by atoms with van der Waals surface area (Å²) in [4.78, 5) is 12.2. The van der Waals surface area contributed by atoms with E-state index in [1.807, 2.05) is 32.0 Å². The Morgan fingerprint density at radius 2 is 2.10 bits per heavy atom. The van der Waals surface area contributed by atoms with Gasteiger partial charge >= 0.3 is 0 Å². The maximum absolute atomic E-state index is 12.2. The van der Waals surface area contributed by atoms with Crippen LogP contribution in [0.3, 0.4) is 0 Å². The number of hydrogen-bond donors (Lipinski definition) is 3. The number of amides is 1. The van der Waals surface area contributed by atoms with Crippen LogP contribution >= 0.6 is 0 Å². The van der Waals surface area contributed by atoms with Gasteiger partial charge in [0.2, 0.25) is 0 Å². The number of rotatable bonds is 5. The van der Waals surface area contributed by atoms with Gasteiger partial charge in [0, 0.05) is 18.3 Å². The van der Waals surface area contributed by atoms with Gasteiger partial charge in [-0.2, -0.15) is 5.10 Å². The van der Waals surface area contributed by atoms with Crippen LogP contribution in [-0.4, -0.2) is 32.9 Å². The minimum absolute atomic E-state index is 0.0161. The molecule has 0 saturated carbocycles. The van der Waals surface area contributed by atoms with E-state index in [-0.39, 0.29) is 12.5 Å². The summed E-state index contributed by atoms with van der Waals surface area (Å²) in [5.41, 5.74) is 7.03. The van der Waals surface area contributed by atoms with Crippen molar-refractivity contribution in [2.45, 2.75) is 25.8 Å². The second-order valence-corrected chi connectivity index (χ2v) is 5.52. The smallest absolute Gasteiger partial charge is 0.272 e. The molecule has 0 aliphatic heterocycles. The fourth-order valence-corrected chi connectivity index (χ4v) is 1.99. The molecule has 112 valence electrons. The van der Waals surface area contributed by atoms with Crippen LogP contribution in [-0.2, 0) is 0 Å². The van der Waals surface area contributed by atoms with Crippen molar-refractivity contribution in [3.8, 4) is 5.69 Å². The van der Waals surface area contributed by atoms with E-state index in [0.717, 1.165) is 5.69 Å². The standard InChI is InChI=1S/C15H20N4O2/c1-15(2,8-10-20)17-14(21)12-7-9-19(18-12)13-6-4-3-5-11(13)16/h3-7,9,20H,8,10,16H2,1-2H3,(H,17,21). The molecule has 0 aliphatic carbocycles. The molecule has 0 unspecified atom stereocenters. The van der Waals surface area contributed by atoms with E-state index in [2.05, 4.69) is 10.4 Å². The van der Waals surface area contributed by atoms with Gasteiger partial charge < -0.3 is 16.2 Å². The first-order valence-electron chi connectivity index (χ1n) is 6.77. The summed E-state index contributed by atoms with van der Waals surface area (Å²) < 4.78 is 1.57.